The van der Waals surface area contributed by atoms with Crippen molar-refractivity contribution in [3.05, 3.63) is 29.6 Å². The summed E-state index contributed by atoms with van der Waals surface area (Å²) < 4.78 is 13.7. The summed E-state index contributed by atoms with van der Waals surface area (Å²) >= 11 is 0. The third-order valence-corrected chi connectivity index (χ3v) is 3.24. The lowest BCUT2D eigenvalue weighted by Gasteiger charge is -2.24. The third kappa shape index (κ3) is 2.42. The summed E-state index contributed by atoms with van der Waals surface area (Å²) in [4.78, 5) is 1.92. The Morgan fingerprint density at radius 1 is 1.47 bits per heavy atom. The summed E-state index contributed by atoms with van der Waals surface area (Å²) in [6.45, 7) is 4.47. The van der Waals surface area contributed by atoms with Gasteiger partial charge < -0.3 is 15.1 Å². The topological polar surface area (TPSA) is 43.7 Å². The second-order valence-electron chi connectivity index (χ2n) is 5.02. The number of rotatable bonds is 2. The Hall–Kier alpha value is -1.13. The molecule has 0 saturated carbocycles. The molecule has 0 aliphatic carbocycles. The third-order valence-electron chi connectivity index (χ3n) is 3.24. The maximum absolute atomic E-state index is 13.7. The van der Waals surface area contributed by atoms with E-state index >= 15 is 0 Å². The minimum Gasteiger partial charge on any atom is -0.389 e. The van der Waals surface area contributed by atoms with Gasteiger partial charge in [0.05, 0.1) is 11.7 Å². The Morgan fingerprint density at radius 2 is 2.18 bits per heavy atom. The molecule has 0 radical (unpaired) electrons. The van der Waals surface area contributed by atoms with E-state index < -0.39 is 17.5 Å². The van der Waals surface area contributed by atoms with E-state index in [1.807, 2.05) is 4.90 Å². The van der Waals surface area contributed by atoms with E-state index in [-0.39, 0.29) is 0 Å². The first-order chi connectivity index (χ1) is 7.91. The number of anilines is 1. The minimum absolute atomic E-state index is 0.310. The molecule has 2 N–H and O–H groups in total. The average molecular weight is 239 g/mol. The molecule has 1 aliphatic heterocycles. The summed E-state index contributed by atoms with van der Waals surface area (Å²) in [7, 11) is 0. The van der Waals surface area contributed by atoms with Gasteiger partial charge in [-0.05, 0) is 32.4 Å². The van der Waals surface area contributed by atoms with Gasteiger partial charge in [0, 0.05) is 24.3 Å². The Kier molecular flexibility index (Phi) is 3.10. The van der Waals surface area contributed by atoms with Crippen molar-refractivity contribution in [2.45, 2.75) is 32.0 Å². The Bertz CT molecular complexity index is 418. The van der Waals surface area contributed by atoms with Crippen molar-refractivity contribution in [1.82, 2.24) is 0 Å². The summed E-state index contributed by atoms with van der Waals surface area (Å²) in [6, 6.07) is 4.76. The SMILES string of the molecule is CC(O)c1c(F)cccc1N1CCC(C)(O)C1. The molecule has 1 aromatic rings. The van der Waals surface area contributed by atoms with Crippen LogP contribution in [0.25, 0.3) is 0 Å². The molecule has 1 aromatic carbocycles. The fourth-order valence-electron chi connectivity index (χ4n) is 2.37. The van der Waals surface area contributed by atoms with Crippen molar-refractivity contribution in [2.75, 3.05) is 18.0 Å². The monoisotopic (exact) mass is 239 g/mol. The molecule has 0 spiro atoms. The molecular weight excluding hydrogens is 221 g/mol. The normalized spacial score (nSPS) is 26.3. The Balaban J connectivity index is 2.36. The van der Waals surface area contributed by atoms with Crippen LogP contribution in [0.4, 0.5) is 10.1 Å². The number of nitrogens with zero attached hydrogens (tertiary/aromatic N) is 1. The zero-order chi connectivity index (χ0) is 12.6. The number of aliphatic hydroxyl groups excluding tert-OH is 1. The fourth-order valence-corrected chi connectivity index (χ4v) is 2.37. The number of halogens is 1. The van der Waals surface area contributed by atoms with Gasteiger partial charge in [-0.15, -0.1) is 0 Å². The molecule has 2 unspecified atom stereocenters. The van der Waals surface area contributed by atoms with Gasteiger partial charge in [0.25, 0.3) is 0 Å². The van der Waals surface area contributed by atoms with E-state index in [0.29, 0.717) is 30.8 Å². The van der Waals surface area contributed by atoms with E-state index in [2.05, 4.69) is 0 Å². The molecule has 1 fully saturated rings. The van der Waals surface area contributed by atoms with E-state index in [1.165, 1.54) is 6.07 Å². The van der Waals surface area contributed by atoms with Crippen LogP contribution in [0.2, 0.25) is 0 Å². The molecule has 17 heavy (non-hydrogen) atoms. The van der Waals surface area contributed by atoms with Crippen molar-refractivity contribution in [2.24, 2.45) is 0 Å². The molecule has 1 aliphatic rings. The van der Waals surface area contributed by atoms with E-state index in [0.717, 1.165) is 0 Å². The van der Waals surface area contributed by atoms with Gasteiger partial charge in [-0.1, -0.05) is 6.07 Å². The quantitative estimate of drug-likeness (QED) is 0.827. The Labute approximate surface area is 100 Å². The molecule has 0 aromatic heterocycles. The maximum Gasteiger partial charge on any atom is 0.131 e. The second-order valence-corrected chi connectivity index (χ2v) is 5.02. The number of hydrogen-bond acceptors (Lipinski definition) is 3. The van der Waals surface area contributed by atoms with Crippen LogP contribution in [0.1, 0.15) is 31.9 Å². The number of β-amino-alcohol motifs (C(OH)–C–C–N with tert-alkyl or cyclic N) is 1. The highest BCUT2D eigenvalue weighted by atomic mass is 19.1. The van der Waals surface area contributed by atoms with Crippen LogP contribution >= 0.6 is 0 Å². The van der Waals surface area contributed by atoms with Crippen molar-refractivity contribution < 1.29 is 14.6 Å². The van der Waals surface area contributed by atoms with Crippen LogP contribution in [-0.4, -0.2) is 28.9 Å². The predicted octanol–water partition coefficient (Wildman–Crippen LogP) is 1.84. The van der Waals surface area contributed by atoms with Crippen LogP contribution in [0.5, 0.6) is 0 Å². The first-order valence-electron chi connectivity index (χ1n) is 5.84. The molecule has 2 rings (SSSR count). The van der Waals surface area contributed by atoms with Gasteiger partial charge in [0.1, 0.15) is 5.82 Å². The Morgan fingerprint density at radius 3 is 2.71 bits per heavy atom. The van der Waals surface area contributed by atoms with Gasteiger partial charge in [-0.25, -0.2) is 4.39 Å². The molecule has 1 saturated heterocycles. The van der Waals surface area contributed by atoms with Crippen molar-refractivity contribution in [3.63, 3.8) is 0 Å². The highest BCUT2D eigenvalue weighted by molar-refractivity contribution is 5.56. The number of benzene rings is 1. The molecule has 94 valence electrons. The molecular formula is C13H18FNO2. The molecule has 4 heteroatoms. The summed E-state index contributed by atoms with van der Waals surface area (Å²) in [6.07, 6.45) is -0.195. The zero-order valence-corrected chi connectivity index (χ0v) is 10.2. The molecule has 0 bridgehead atoms. The fraction of sp³-hybridized carbons (Fsp3) is 0.538. The first kappa shape index (κ1) is 12.3. The van der Waals surface area contributed by atoms with Crippen LogP contribution < -0.4 is 4.90 Å². The van der Waals surface area contributed by atoms with Gasteiger partial charge in [0.2, 0.25) is 0 Å². The molecule has 0 amide bonds. The van der Waals surface area contributed by atoms with Crippen LogP contribution in [0, 0.1) is 5.82 Å². The van der Waals surface area contributed by atoms with Gasteiger partial charge >= 0.3 is 0 Å². The maximum atomic E-state index is 13.7. The summed E-state index contributed by atoms with van der Waals surface area (Å²) in [5.74, 6) is -0.399. The van der Waals surface area contributed by atoms with Crippen LogP contribution in [0.15, 0.2) is 18.2 Å². The minimum atomic E-state index is -0.850. The lowest BCUT2D eigenvalue weighted by Crippen LogP contribution is -2.30. The van der Waals surface area contributed by atoms with E-state index in [9.17, 15) is 14.6 Å². The largest absolute Gasteiger partial charge is 0.389 e. The summed E-state index contributed by atoms with van der Waals surface area (Å²) in [5.41, 5.74) is 0.255. The molecule has 2 atom stereocenters. The lowest BCUT2D eigenvalue weighted by atomic mass is 10.1. The molecule has 1 heterocycles. The lowest BCUT2D eigenvalue weighted by molar-refractivity contribution is 0.0838. The smallest absolute Gasteiger partial charge is 0.131 e. The van der Waals surface area contributed by atoms with Crippen molar-refractivity contribution in [1.29, 1.82) is 0 Å². The van der Waals surface area contributed by atoms with Gasteiger partial charge in [-0.2, -0.15) is 0 Å². The second kappa shape index (κ2) is 4.27. The summed E-state index contributed by atoms with van der Waals surface area (Å²) in [5, 5.41) is 19.6. The highest BCUT2D eigenvalue weighted by Gasteiger charge is 2.33. The number of aliphatic hydroxyl groups is 2. The van der Waals surface area contributed by atoms with Crippen LogP contribution in [-0.2, 0) is 0 Å². The molecule has 3 nitrogen and oxygen atoms in total. The van der Waals surface area contributed by atoms with E-state index in [1.54, 1.807) is 26.0 Å². The van der Waals surface area contributed by atoms with Crippen LogP contribution in [0.3, 0.4) is 0 Å². The first-order valence-corrected chi connectivity index (χ1v) is 5.84. The zero-order valence-electron chi connectivity index (χ0n) is 10.2. The standard InChI is InChI=1S/C13H18FNO2/c1-9(16)12-10(14)4-3-5-11(12)15-7-6-13(2,17)8-15/h3-5,9,16-17H,6-8H2,1-2H3. The number of hydrogen-bond donors (Lipinski definition) is 2. The van der Waals surface area contributed by atoms with Crippen molar-refractivity contribution >= 4 is 5.69 Å². The van der Waals surface area contributed by atoms with E-state index in [4.69, 9.17) is 0 Å². The van der Waals surface area contributed by atoms with Gasteiger partial charge in [0.15, 0.2) is 0 Å². The van der Waals surface area contributed by atoms with Gasteiger partial charge in [-0.3, -0.25) is 0 Å². The van der Waals surface area contributed by atoms with Crippen molar-refractivity contribution in [3.8, 4) is 0 Å². The predicted molar refractivity (Wildman–Crippen MR) is 64.5 cm³/mol. The highest BCUT2D eigenvalue weighted by Crippen LogP contribution is 2.33. The average Bonchev–Trinajstić information content (AvgIpc) is 2.57.